The Labute approximate surface area is 116 Å². The number of unbranched alkanes of at least 4 members (excludes halogenated alkanes) is 1. The maximum absolute atomic E-state index is 5.73. The van der Waals surface area contributed by atoms with E-state index in [4.69, 9.17) is 9.47 Å². The van der Waals surface area contributed by atoms with E-state index in [0.29, 0.717) is 0 Å². The first kappa shape index (κ1) is 14.2. The number of benzene rings is 1. The summed E-state index contributed by atoms with van der Waals surface area (Å²) in [7, 11) is 1.68. The standard InChI is InChI=1S/C16H25NO2/c1-18-15-7-9-16(10-8-15)19-14-6-5-13-17-11-3-2-4-12-17/h7-10H,2-6,11-14H2,1H3/p+1. The molecule has 1 aromatic carbocycles. The third-order valence-corrected chi connectivity index (χ3v) is 3.81. The molecule has 3 heteroatoms. The van der Waals surface area contributed by atoms with Crippen LogP contribution in [0.3, 0.4) is 0 Å². The van der Waals surface area contributed by atoms with Gasteiger partial charge in [-0.1, -0.05) is 0 Å². The maximum Gasteiger partial charge on any atom is 0.119 e. The van der Waals surface area contributed by atoms with Crippen LogP contribution in [0.2, 0.25) is 0 Å². The molecule has 0 atom stereocenters. The van der Waals surface area contributed by atoms with E-state index in [9.17, 15) is 0 Å². The first-order chi connectivity index (χ1) is 9.38. The highest BCUT2D eigenvalue weighted by atomic mass is 16.5. The number of likely N-dealkylation sites (tertiary alicyclic amines) is 1. The molecule has 0 aromatic heterocycles. The SMILES string of the molecule is COc1ccc(OCCCC[NH+]2CCCCC2)cc1. The van der Waals surface area contributed by atoms with Crippen molar-refractivity contribution in [3.05, 3.63) is 24.3 Å². The quantitative estimate of drug-likeness (QED) is 0.760. The predicted molar refractivity (Wildman–Crippen MR) is 77.1 cm³/mol. The van der Waals surface area contributed by atoms with Crippen molar-refractivity contribution in [3.8, 4) is 11.5 Å². The second-order valence-electron chi connectivity index (χ2n) is 5.29. The molecule has 0 aliphatic carbocycles. The zero-order valence-electron chi connectivity index (χ0n) is 12.0. The Kier molecular flexibility index (Phi) is 6.02. The van der Waals surface area contributed by atoms with Gasteiger partial charge in [0.25, 0.3) is 0 Å². The van der Waals surface area contributed by atoms with Crippen LogP contribution in [0.4, 0.5) is 0 Å². The second kappa shape index (κ2) is 8.05. The summed E-state index contributed by atoms with van der Waals surface area (Å²) in [6, 6.07) is 7.81. The van der Waals surface area contributed by atoms with Crippen molar-refractivity contribution >= 4 is 0 Å². The monoisotopic (exact) mass is 264 g/mol. The van der Waals surface area contributed by atoms with Gasteiger partial charge in [0.15, 0.2) is 0 Å². The van der Waals surface area contributed by atoms with Crippen LogP contribution < -0.4 is 14.4 Å². The highest BCUT2D eigenvalue weighted by Gasteiger charge is 2.12. The minimum Gasteiger partial charge on any atom is -0.497 e. The zero-order valence-corrected chi connectivity index (χ0v) is 12.0. The summed E-state index contributed by atoms with van der Waals surface area (Å²) in [5.74, 6) is 1.81. The summed E-state index contributed by atoms with van der Waals surface area (Å²) >= 11 is 0. The minimum atomic E-state index is 0.819. The molecule has 0 unspecified atom stereocenters. The van der Waals surface area contributed by atoms with Crippen LogP contribution in [0, 0.1) is 0 Å². The zero-order chi connectivity index (χ0) is 13.3. The number of rotatable bonds is 7. The predicted octanol–water partition coefficient (Wildman–Crippen LogP) is 1.92. The highest BCUT2D eigenvalue weighted by molar-refractivity contribution is 5.31. The van der Waals surface area contributed by atoms with Crippen LogP contribution in [-0.2, 0) is 0 Å². The van der Waals surface area contributed by atoms with Crippen LogP contribution in [0.25, 0.3) is 0 Å². The molecule has 19 heavy (non-hydrogen) atoms. The lowest BCUT2D eigenvalue weighted by atomic mass is 10.1. The molecule has 0 radical (unpaired) electrons. The second-order valence-corrected chi connectivity index (χ2v) is 5.29. The molecule has 0 bridgehead atoms. The van der Waals surface area contributed by atoms with Crippen LogP contribution in [0.5, 0.6) is 11.5 Å². The largest absolute Gasteiger partial charge is 0.497 e. The molecule has 1 heterocycles. The van der Waals surface area contributed by atoms with Gasteiger partial charge in [-0.3, -0.25) is 0 Å². The van der Waals surface area contributed by atoms with Crippen LogP contribution >= 0.6 is 0 Å². The number of methoxy groups -OCH3 is 1. The Hall–Kier alpha value is -1.22. The summed E-state index contributed by atoms with van der Waals surface area (Å²) in [5.41, 5.74) is 0. The van der Waals surface area contributed by atoms with Crippen LogP contribution in [-0.4, -0.2) is 33.4 Å². The molecule has 106 valence electrons. The molecule has 0 saturated carbocycles. The van der Waals surface area contributed by atoms with Gasteiger partial charge in [0.05, 0.1) is 33.4 Å². The molecule has 1 aliphatic heterocycles. The van der Waals surface area contributed by atoms with Gasteiger partial charge in [-0.15, -0.1) is 0 Å². The molecular weight excluding hydrogens is 238 g/mol. The summed E-state index contributed by atoms with van der Waals surface area (Å²) in [6.45, 7) is 4.88. The fraction of sp³-hybridized carbons (Fsp3) is 0.625. The normalized spacial score (nSPS) is 16.3. The third kappa shape index (κ3) is 5.11. The van der Waals surface area contributed by atoms with E-state index in [2.05, 4.69) is 0 Å². The van der Waals surface area contributed by atoms with Gasteiger partial charge in [0.2, 0.25) is 0 Å². The molecule has 3 nitrogen and oxygen atoms in total. The van der Waals surface area contributed by atoms with E-state index in [0.717, 1.165) is 24.5 Å². The molecule has 1 N–H and O–H groups in total. The average Bonchev–Trinajstić information content (AvgIpc) is 2.49. The molecule has 2 rings (SSSR count). The van der Waals surface area contributed by atoms with Crippen molar-refractivity contribution in [1.82, 2.24) is 0 Å². The number of quaternary nitrogens is 1. The van der Waals surface area contributed by atoms with Crippen LogP contribution in [0.1, 0.15) is 32.1 Å². The molecule has 1 aliphatic rings. The molecule has 1 aromatic rings. The maximum atomic E-state index is 5.73. The van der Waals surface area contributed by atoms with Crippen molar-refractivity contribution < 1.29 is 14.4 Å². The van der Waals surface area contributed by atoms with Crippen molar-refractivity contribution in [2.75, 3.05) is 33.4 Å². The van der Waals surface area contributed by atoms with Gasteiger partial charge in [-0.2, -0.15) is 0 Å². The van der Waals surface area contributed by atoms with Crippen molar-refractivity contribution in [1.29, 1.82) is 0 Å². The number of hydrogen-bond donors (Lipinski definition) is 1. The lowest BCUT2D eigenvalue weighted by Crippen LogP contribution is -3.12. The van der Waals surface area contributed by atoms with Crippen molar-refractivity contribution in [2.24, 2.45) is 0 Å². The third-order valence-electron chi connectivity index (χ3n) is 3.81. The number of nitrogens with one attached hydrogen (secondary N) is 1. The fourth-order valence-electron chi connectivity index (χ4n) is 2.64. The number of piperidine rings is 1. The van der Waals surface area contributed by atoms with Gasteiger partial charge in [-0.25, -0.2) is 0 Å². The Morgan fingerprint density at radius 3 is 2.32 bits per heavy atom. The van der Waals surface area contributed by atoms with Gasteiger partial charge in [0, 0.05) is 0 Å². The molecule has 1 fully saturated rings. The Balaban J connectivity index is 1.55. The van der Waals surface area contributed by atoms with Crippen LogP contribution in [0.15, 0.2) is 24.3 Å². The summed E-state index contributed by atoms with van der Waals surface area (Å²) in [6.07, 6.45) is 6.68. The summed E-state index contributed by atoms with van der Waals surface area (Å²) < 4.78 is 10.9. The molecule has 0 amide bonds. The van der Waals surface area contributed by atoms with Gasteiger partial charge in [0.1, 0.15) is 11.5 Å². The first-order valence-electron chi connectivity index (χ1n) is 7.49. The average molecular weight is 264 g/mol. The Morgan fingerprint density at radius 2 is 1.63 bits per heavy atom. The Morgan fingerprint density at radius 1 is 0.947 bits per heavy atom. The molecule has 1 saturated heterocycles. The minimum absolute atomic E-state index is 0.819. The smallest absolute Gasteiger partial charge is 0.119 e. The number of hydrogen-bond acceptors (Lipinski definition) is 2. The lowest BCUT2D eigenvalue weighted by Gasteiger charge is -2.23. The molecular formula is C16H26NO2+. The van der Waals surface area contributed by atoms with Gasteiger partial charge >= 0.3 is 0 Å². The highest BCUT2D eigenvalue weighted by Crippen LogP contribution is 2.17. The van der Waals surface area contributed by atoms with E-state index in [-0.39, 0.29) is 0 Å². The van der Waals surface area contributed by atoms with E-state index in [1.807, 2.05) is 24.3 Å². The fourth-order valence-corrected chi connectivity index (χ4v) is 2.64. The van der Waals surface area contributed by atoms with Gasteiger partial charge in [-0.05, 0) is 56.4 Å². The first-order valence-corrected chi connectivity index (χ1v) is 7.49. The Bertz CT molecular complexity index is 344. The lowest BCUT2D eigenvalue weighted by molar-refractivity contribution is -0.905. The van der Waals surface area contributed by atoms with Crippen molar-refractivity contribution in [2.45, 2.75) is 32.1 Å². The topological polar surface area (TPSA) is 22.9 Å². The van der Waals surface area contributed by atoms with Gasteiger partial charge < -0.3 is 14.4 Å². The van der Waals surface area contributed by atoms with E-state index in [1.165, 1.54) is 45.3 Å². The van der Waals surface area contributed by atoms with E-state index in [1.54, 1.807) is 12.0 Å². The van der Waals surface area contributed by atoms with E-state index < -0.39 is 0 Å². The number of ether oxygens (including phenoxy) is 2. The van der Waals surface area contributed by atoms with Crippen molar-refractivity contribution in [3.63, 3.8) is 0 Å². The summed E-state index contributed by atoms with van der Waals surface area (Å²) in [5, 5.41) is 0. The van der Waals surface area contributed by atoms with E-state index >= 15 is 0 Å². The molecule has 0 spiro atoms. The summed E-state index contributed by atoms with van der Waals surface area (Å²) in [4.78, 5) is 1.79.